The zero-order valence-electron chi connectivity index (χ0n) is 8.64. The van der Waals surface area contributed by atoms with Gasteiger partial charge in [-0.2, -0.15) is 0 Å². The van der Waals surface area contributed by atoms with E-state index >= 15 is 0 Å². The molecule has 82 valence electrons. The van der Waals surface area contributed by atoms with Gasteiger partial charge < -0.3 is 10.5 Å². The van der Waals surface area contributed by atoms with E-state index in [0.29, 0.717) is 22.1 Å². The van der Waals surface area contributed by atoms with Crippen LogP contribution in [0.3, 0.4) is 0 Å². The number of ketones is 1. The van der Waals surface area contributed by atoms with Gasteiger partial charge in [0.25, 0.3) is 0 Å². The van der Waals surface area contributed by atoms with Gasteiger partial charge in [0, 0.05) is 5.38 Å². The fraction of sp³-hybridized carbons (Fsp3) is 0.0909. The number of ether oxygens (including phenoxy) is 1. The molecular weight excluding hydrogens is 224 g/mol. The van der Waals surface area contributed by atoms with Crippen LogP contribution >= 0.6 is 11.3 Å². The standard InChI is InChI=1S/C11H10N2O2S/c1-15-9-5-3-2-4-7(9)10(14)8-6-16-11(12)13-8/h2-6H,1H3,(H2,12,13). The van der Waals surface area contributed by atoms with Crippen molar-refractivity contribution in [2.45, 2.75) is 0 Å². The fourth-order valence-corrected chi connectivity index (χ4v) is 1.91. The van der Waals surface area contributed by atoms with E-state index in [1.165, 1.54) is 18.4 Å². The summed E-state index contributed by atoms with van der Waals surface area (Å²) in [4.78, 5) is 16.0. The van der Waals surface area contributed by atoms with Crippen LogP contribution in [0.25, 0.3) is 0 Å². The van der Waals surface area contributed by atoms with Gasteiger partial charge in [-0.15, -0.1) is 11.3 Å². The normalized spacial score (nSPS) is 10.1. The number of hydrogen-bond donors (Lipinski definition) is 1. The van der Waals surface area contributed by atoms with Crippen molar-refractivity contribution in [3.63, 3.8) is 0 Å². The molecule has 0 saturated heterocycles. The highest BCUT2D eigenvalue weighted by Gasteiger charge is 2.16. The van der Waals surface area contributed by atoms with E-state index in [1.807, 2.05) is 6.07 Å². The number of para-hydroxylation sites is 1. The molecule has 0 aliphatic rings. The number of methoxy groups -OCH3 is 1. The Morgan fingerprint density at radius 3 is 2.81 bits per heavy atom. The molecule has 0 spiro atoms. The Hall–Kier alpha value is -1.88. The largest absolute Gasteiger partial charge is 0.496 e. The van der Waals surface area contributed by atoms with Gasteiger partial charge in [-0.25, -0.2) is 4.98 Å². The van der Waals surface area contributed by atoms with E-state index in [4.69, 9.17) is 10.5 Å². The third kappa shape index (κ3) is 1.90. The number of aromatic nitrogens is 1. The van der Waals surface area contributed by atoms with Crippen LogP contribution in [0.5, 0.6) is 5.75 Å². The molecule has 16 heavy (non-hydrogen) atoms. The highest BCUT2D eigenvalue weighted by Crippen LogP contribution is 2.22. The lowest BCUT2D eigenvalue weighted by molar-refractivity contribution is 0.103. The summed E-state index contributed by atoms with van der Waals surface area (Å²) in [6.07, 6.45) is 0. The SMILES string of the molecule is COc1ccccc1C(=O)c1csc(N)n1. The average molecular weight is 234 g/mol. The van der Waals surface area contributed by atoms with Crippen molar-refractivity contribution in [1.29, 1.82) is 0 Å². The van der Waals surface area contributed by atoms with Gasteiger partial charge in [0.05, 0.1) is 12.7 Å². The van der Waals surface area contributed by atoms with Crippen LogP contribution in [0.4, 0.5) is 5.13 Å². The van der Waals surface area contributed by atoms with Crippen LogP contribution in [-0.4, -0.2) is 17.9 Å². The molecule has 4 nitrogen and oxygen atoms in total. The smallest absolute Gasteiger partial charge is 0.216 e. The summed E-state index contributed by atoms with van der Waals surface area (Å²) in [5, 5.41) is 2.03. The molecule has 0 amide bonds. The number of carbonyl (C=O) groups is 1. The summed E-state index contributed by atoms with van der Waals surface area (Å²) in [6.45, 7) is 0. The number of rotatable bonds is 3. The van der Waals surface area contributed by atoms with Gasteiger partial charge in [-0.05, 0) is 12.1 Å². The number of nitrogens with zero attached hydrogens (tertiary/aromatic N) is 1. The molecular formula is C11H10N2O2S. The lowest BCUT2D eigenvalue weighted by atomic mass is 10.1. The van der Waals surface area contributed by atoms with Crippen molar-refractivity contribution < 1.29 is 9.53 Å². The van der Waals surface area contributed by atoms with Crippen molar-refractivity contribution >= 4 is 22.3 Å². The summed E-state index contributed by atoms with van der Waals surface area (Å²) < 4.78 is 5.12. The van der Waals surface area contributed by atoms with Gasteiger partial charge in [-0.3, -0.25) is 4.79 Å². The van der Waals surface area contributed by atoms with Crippen molar-refractivity contribution in [2.24, 2.45) is 0 Å². The van der Waals surface area contributed by atoms with Gasteiger partial charge in [0.2, 0.25) is 5.78 Å². The second-order valence-electron chi connectivity index (χ2n) is 3.10. The van der Waals surface area contributed by atoms with Crippen molar-refractivity contribution in [1.82, 2.24) is 4.98 Å². The Morgan fingerprint density at radius 2 is 2.19 bits per heavy atom. The average Bonchev–Trinajstić information content (AvgIpc) is 2.75. The minimum absolute atomic E-state index is 0.176. The van der Waals surface area contributed by atoms with Crippen LogP contribution in [0, 0.1) is 0 Å². The molecule has 0 radical (unpaired) electrons. The number of thiazole rings is 1. The Morgan fingerprint density at radius 1 is 1.44 bits per heavy atom. The fourth-order valence-electron chi connectivity index (χ4n) is 1.36. The first-order valence-corrected chi connectivity index (χ1v) is 5.49. The van der Waals surface area contributed by atoms with Crippen molar-refractivity contribution in [3.05, 3.63) is 40.9 Å². The van der Waals surface area contributed by atoms with Crippen LogP contribution < -0.4 is 10.5 Å². The molecule has 1 heterocycles. The predicted molar refractivity (Wildman–Crippen MR) is 63.0 cm³/mol. The van der Waals surface area contributed by atoms with E-state index in [-0.39, 0.29) is 5.78 Å². The highest BCUT2D eigenvalue weighted by molar-refractivity contribution is 7.13. The maximum absolute atomic E-state index is 12.0. The molecule has 2 N–H and O–H groups in total. The zero-order chi connectivity index (χ0) is 11.5. The third-order valence-electron chi connectivity index (χ3n) is 2.11. The lowest BCUT2D eigenvalue weighted by Crippen LogP contribution is -2.04. The van der Waals surface area contributed by atoms with E-state index in [9.17, 15) is 4.79 Å². The highest BCUT2D eigenvalue weighted by atomic mass is 32.1. The van der Waals surface area contributed by atoms with E-state index in [0.717, 1.165) is 0 Å². The molecule has 0 atom stereocenters. The molecule has 0 unspecified atom stereocenters. The number of nitrogens with two attached hydrogens (primary N) is 1. The van der Waals surface area contributed by atoms with Crippen LogP contribution in [0.1, 0.15) is 16.1 Å². The van der Waals surface area contributed by atoms with Crippen LogP contribution in [0.2, 0.25) is 0 Å². The van der Waals surface area contributed by atoms with E-state index < -0.39 is 0 Å². The van der Waals surface area contributed by atoms with E-state index in [1.54, 1.807) is 23.6 Å². The van der Waals surface area contributed by atoms with Gasteiger partial charge in [-0.1, -0.05) is 12.1 Å². The quantitative estimate of drug-likeness (QED) is 0.824. The number of anilines is 1. The van der Waals surface area contributed by atoms with Gasteiger partial charge in [0.1, 0.15) is 11.4 Å². The molecule has 1 aromatic heterocycles. The lowest BCUT2D eigenvalue weighted by Gasteiger charge is -2.04. The van der Waals surface area contributed by atoms with Crippen LogP contribution in [-0.2, 0) is 0 Å². The number of nitrogen functional groups attached to an aromatic ring is 1. The molecule has 0 bridgehead atoms. The summed E-state index contributed by atoms with van der Waals surface area (Å²) in [7, 11) is 1.53. The summed E-state index contributed by atoms with van der Waals surface area (Å²) >= 11 is 1.25. The molecule has 2 aromatic rings. The first kappa shape index (κ1) is 10.6. The Labute approximate surface area is 96.7 Å². The minimum atomic E-state index is -0.176. The second kappa shape index (κ2) is 4.32. The Kier molecular flexibility index (Phi) is 2.87. The Bertz CT molecular complexity index is 522. The number of hydrogen-bond acceptors (Lipinski definition) is 5. The predicted octanol–water partition coefficient (Wildman–Crippen LogP) is 1.96. The van der Waals surface area contributed by atoms with Crippen molar-refractivity contribution in [2.75, 3.05) is 12.8 Å². The number of carbonyl (C=O) groups excluding carboxylic acids is 1. The molecule has 2 rings (SSSR count). The first-order valence-electron chi connectivity index (χ1n) is 4.61. The topological polar surface area (TPSA) is 65.2 Å². The van der Waals surface area contributed by atoms with Crippen molar-refractivity contribution in [3.8, 4) is 5.75 Å². The second-order valence-corrected chi connectivity index (χ2v) is 3.99. The Balaban J connectivity index is 2.41. The maximum atomic E-state index is 12.0. The minimum Gasteiger partial charge on any atom is -0.496 e. The van der Waals surface area contributed by atoms with E-state index in [2.05, 4.69) is 4.98 Å². The van der Waals surface area contributed by atoms with Gasteiger partial charge >= 0.3 is 0 Å². The first-order chi connectivity index (χ1) is 7.72. The molecule has 0 aliphatic carbocycles. The number of benzene rings is 1. The molecule has 0 fully saturated rings. The molecule has 0 saturated carbocycles. The zero-order valence-corrected chi connectivity index (χ0v) is 9.45. The van der Waals surface area contributed by atoms with Gasteiger partial charge in [0.15, 0.2) is 5.13 Å². The summed E-state index contributed by atoms with van der Waals surface area (Å²) in [5.41, 5.74) is 6.34. The monoisotopic (exact) mass is 234 g/mol. The molecule has 5 heteroatoms. The maximum Gasteiger partial charge on any atom is 0.216 e. The molecule has 0 aliphatic heterocycles. The molecule has 1 aromatic carbocycles. The van der Waals surface area contributed by atoms with Crippen LogP contribution in [0.15, 0.2) is 29.6 Å². The summed E-state index contributed by atoms with van der Waals surface area (Å²) in [5.74, 6) is 0.365. The summed E-state index contributed by atoms with van der Waals surface area (Å²) in [6, 6.07) is 7.04. The third-order valence-corrected chi connectivity index (χ3v) is 2.78.